The fourth-order valence-corrected chi connectivity index (χ4v) is 3.25. The minimum atomic E-state index is -0.733. The Labute approximate surface area is 132 Å². The van der Waals surface area contributed by atoms with Gasteiger partial charge in [-0.15, -0.1) is 11.3 Å². The first-order valence-corrected chi connectivity index (χ1v) is 7.87. The van der Waals surface area contributed by atoms with Gasteiger partial charge in [0.15, 0.2) is 5.13 Å². The lowest BCUT2D eigenvalue weighted by molar-refractivity contribution is -0.132. The van der Waals surface area contributed by atoms with Crippen LogP contribution in [-0.2, 0) is 20.8 Å². The zero-order valence-electron chi connectivity index (χ0n) is 12.8. The number of primary amides is 1. The second-order valence-corrected chi connectivity index (χ2v) is 7.33. The standard InChI is InChI=1S/C14H20N4O3S/c1-14(2,3)8-5-16-11(20)10(8)12(21)18-13-17-7(6-22-13)4-9(15)19/h6,8,10H,4-5H2,1-3H3,(H2,15,19)(H,16,20)(H,17,18,21)/t8-,10-/m0/s1. The van der Waals surface area contributed by atoms with E-state index in [9.17, 15) is 14.4 Å². The molecule has 1 aromatic heterocycles. The van der Waals surface area contributed by atoms with E-state index in [2.05, 4.69) is 15.6 Å². The highest BCUT2D eigenvalue weighted by Gasteiger charge is 2.45. The van der Waals surface area contributed by atoms with Gasteiger partial charge in [0.25, 0.3) is 0 Å². The van der Waals surface area contributed by atoms with Crippen molar-refractivity contribution in [2.45, 2.75) is 27.2 Å². The van der Waals surface area contributed by atoms with Crippen LogP contribution < -0.4 is 16.4 Å². The van der Waals surface area contributed by atoms with Crippen LogP contribution in [0.4, 0.5) is 5.13 Å². The van der Waals surface area contributed by atoms with E-state index in [1.807, 2.05) is 20.8 Å². The average molecular weight is 324 g/mol. The Morgan fingerprint density at radius 3 is 2.77 bits per heavy atom. The summed E-state index contributed by atoms with van der Waals surface area (Å²) in [6.07, 6.45) is 0.0287. The van der Waals surface area contributed by atoms with Crippen LogP contribution in [0.3, 0.4) is 0 Å². The number of thiazole rings is 1. The van der Waals surface area contributed by atoms with Crippen LogP contribution >= 0.6 is 11.3 Å². The van der Waals surface area contributed by atoms with Crippen molar-refractivity contribution >= 4 is 34.2 Å². The number of amides is 3. The summed E-state index contributed by atoms with van der Waals surface area (Å²) in [4.78, 5) is 39.4. The number of rotatable bonds is 4. The van der Waals surface area contributed by atoms with Gasteiger partial charge in [0.05, 0.1) is 12.1 Å². The molecule has 1 saturated heterocycles. The summed E-state index contributed by atoms with van der Waals surface area (Å²) in [7, 11) is 0. The number of carbonyl (C=O) groups is 3. The molecule has 0 bridgehead atoms. The smallest absolute Gasteiger partial charge is 0.239 e. The molecule has 1 aliphatic heterocycles. The molecule has 0 saturated carbocycles. The molecule has 0 aromatic carbocycles. The number of aromatic nitrogens is 1. The van der Waals surface area contributed by atoms with Crippen LogP contribution in [0.15, 0.2) is 5.38 Å². The Morgan fingerprint density at radius 2 is 2.18 bits per heavy atom. The zero-order valence-corrected chi connectivity index (χ0v) is 13.6. The molecule has 3 amide bonds. The molecule has 1 fully saturated rings. The summed E-state index contributed by atoms with van der Waals surface area (Å²) in [5, 5.41) is 7.44. The molecule has 7 nitrogen and oxygen atoms in total. The van der Waals surface area contributed by atoms with Gasteiger partial charge in [-0.25, -0.2) is 4.98 Å². The van der Waals surface area contributed by atoms with Crippen molar-refractivity contribution < 1.29 is 14.4 Å². The van der Waals surface area contributed by atoms with Gasteiger partial charge in [0.2, 0.25) is 17.7 Å². The summed E-state index contributed by atoms with van der Waals surface area (Å²) in [5.41, 5.74) is 5.45. The van der Waals surface area contributed by atoms with Gasteiger partial charge in [0, 0.05) is 17.8 Å². The van der Waals surface area contributed by atoms with Crippen LogP contribution in [0.1, 0.15) is 26.5 Å². The quantitative estimate of drug-likeness (QED) is 0.700. The highest BCUT2D eigenvalue weighted by molar-refractivity contribution is 7.13. The number of nitrogens with one attached hydrogen (secondary N) is 2. The van der Waals surface area contributed by atoms with Gasteiger partial charge in [-0.1, -0.05) is 20.8 Å². The highest BCUT2D eigenvalue weighted by atomic mass is 32.1. The first kappa shape index (κ1) is 16.4. The van der Waals surface area contributed by atoms with Crippen molar-refractivity contribution in [3.05, 3.63) is 11.1 Å². The molecule has 2 heterocycles. The fraction of sp³-hybridized carbons (Fsp3) is 0.571. The Balaban J connectivity index is 2.09. The monoisotopic (exact) mass is 324 g/mol. The van der Waals surface area contributed by atoms with Gasteiger partial charge in [-0.05, 0) is 5.41 Å². The number of carbonyl (C=O) groups excluding carboxylic acids is 3. The minimum absolute atomic E-state index is 0.0287. The van der Waals surface area contributed by atoms with E-state index in [-0.39, 0.29) is 29.6 Å². The summed E-state index contributed by atoms with van der Waals surface area (Å²) >= 11 is 1.21. The van der Waals surface area contributed by atoms with Crippen molar-refractivity contribution in [2.24, 2.45) is 23.0 Å². The minimum Gasteiger partial charge on any atom is -0.369 e. The van der Waals surface area contributed by atoms with Gasteiger partial charge < -0.3 is 16.4 Å². The molecule has 2 rings (SSSR count). The summed E-state index contributed by atoms with van der Waals surface area (Å²) in [6.45, 7) is 6.51. The number of anilines is 1. The number of nitrogens with two attached hydrogens (primary N) is 1. The Morgan fingerprint density at radius 1 is 1.50 bits per heavy atom. The molecule has 120 valence electrons. The second kappa shape index (κ2) is 6.04. The van der Waals surface area contributed by atoms with Crippen LogP contribution in [0.2, 0.25) is 0 Å². The Bertz CT molecular complexity index is 605. The number of hydrogen-bond acceptors (Lipinski definition) is 5. The first-order chi connectivity index (χ1) is 10.2. The summed E-state index contributed by atoms with van der Waals surface area (Å²) in [6, 6.07) is 0. The van der Waals surface area contributed by atoms with Crippen LogP contribution in [-0.4, -0.2) is 29.3 Å². The molecule has 0 spiro atoms. The molecule has 0 unspecified atom stereocenters. The molecular weight excluding hydrogens is 304 g/mol. The maximum absolute atomic E-state index is 12.4. The molecular formula is C14H20N4O3S. The largest absolute Gasteiger partial charge is 0.369 e. The third kappa shape index (κ3) is 3.62. The molecule has 22 heavy (non-hydrogen) atoms. The lowest BCUT2D eigenvalue weighted by Gasteiger charge is -2.29. The van der Waals surface area contributed by atoms with Crippen LogP contribution in [0.25, 0.3) is 0 Å². The average Bonchev–Trinajstić information content (AvgIpc) is 2.94. The fourth-order valence-electron chi connectivity index (χ4n) is 2.54. The number of hydrogen-bond donors (Lipinski definition) is 3. The summed E-state index contributed by atoms with van der Waals surface area (Å²) < 4.78 is 0. The van der Waals surface area contributed by atoms with E-state index in [1.54, 1.807) is 5.38 Å². The maximum Gasteiger partial charge on any atom is 0.239 e. The first-order valence-electron chi connectivity index (χ1n) is 7.00. The van der Waals surface area contributed by atoms with Gasteiger partial charge in [0.1, 0.15) is 5.92 Å². The zero-order chi connectivity index (χ0) is 16.5. The SMILES string of the molecule is CC(C)(C)[C@H]1CNC(=O)[C@H]1C(=O)Nc1nc(CC(N)=O)cs1. The van der Waals surface area contributed by atoms with Crippen LogP contribution in [0.5, 0.6) is 0 Å². The number of nitrogens with zero attached hydrogens (tertiary/aromatic N) is 1. The summed E-state index contributed by atoms with van der Waals surface area (Å²) in [5.74, 6) is -1.92. The maximum atomic E-state index is 12.4. The predicted octanol–water partition coefficient (Wildman–Crippen LogP) is 0.518. The van der Waals surface area contributed by atoms with E-state index in [4.69, 9.17) is 5.73 Å². The van der Waals surface area contributed by atoms with Crippen molar-refractivity contribution in [1.82, 2.24) is 10.3 Å². The predicted molar refractivity (Wildman–Crippen MR) is 83.1 cm³/mol. The molecule has 2 atom stereocenters. The molecule has 4 N–H and O–H groups in total. The van der Waals surface area contributed by atoms with Crippen molar-refractivity contribution in [3.8, 4) is 0 Å². The second-order valence-electron chi connectivity index (χ2n) is 6.47. The molecule has 1 aromatic rings. The normalized spacial score (nSPS) is 21.5. The van der Waals surface area contributed by atoms with E-state index in [0.29, 0.717) is 17.4 Å². The lowest BCUT2D eigenvalue weighted by Crippen LogP contribution is -2.37. The van der Waals surface area contributed by atoms with Crippen molar-refractivity contribution in [1.29, 1.82) is 0 Å². The molecule has 8 heteroatoms. The van der Waals surface area contributed by atoms with E-state index in [1.165, 1.54) is 11.3 Å². The highest BCUT2D eigenvalue weighted by Crippen LogP contribution is 2.35. The van der Waals surface area contributed by atoms with E-state index >= 15 is 0 Å². The van der Waals surface area contributed by atoms with Crippen molar-refractivity contribution in [3.63, 3.8) is 0 Å². The lowest BCUT2D eigenvalue weighted by atomic mass is 9.74. The molecule has 0 radical (unpaired) electrons. The third-order valence-corrected chi connectivity index (χ3v) is 4.52. The van der Waals surface area contributed by atoms with Crippen molar-refractivity contribution in [2.75, 3.05) is 11.9 Å². The van der Waals surface area contributed by atoms with Gasteiger partial charge >= 0.3 is 0 Å². The van der Waals surface area contributed by atoms with E-state index in [0.717, 1.165) is 0 Å². The topological polar surface area (TPSA) is 114 Å². The van der Waals surface area contributed by atoms with Crippen LogP contribution in [0, 0.1) is 17.3 Å². The Kier molecular flexibility index (Phi) is 4.50. The van der Waals surface area contributed by atoms with Gasteiger partial charge in [-0.3, -0.25) is 14.4 Å². The third-order valence-electron chi connectivity index (χ3n) is 3.71. The van der Waals surface area contributed by atoms with Gasteiger partial charge in [-0.2, -0.15) is 0 Å². The molecule has 1 aliphatic rings. The van der Waals surface area contributed by atoms with E-state index < -0.39 is 11.8 Å². The Hall–Kier alpha value is -1.96. The molecule has 0 aliphatic carbocycles.